The number of sulfone groups is 1. The summed E-state index contributed by atoms with van der Waals surface area (Å²) in [4.78, 5) is 0.203. The third-order valence-electron chi connectivity index (χ3n) is 2.67. The number of rotatable bonds is 5. The molecule has 2 aromatic carbocycles. The maximum absolute atomic E-state index is 12.7. The Kier molecular flexibility index (Phi) is 4.24. The van der Waals surface area contributed by atoms with Crippen molar-refractivity contribution in [1.29, 1.82) is 0 Å². The molecule has 20 heavy (non-hydrogen) atoms. The van der Waals surface area contributed by atoms with Gasteiger partial charge in [-0.3, -0.25) is 0 Å². The Morgan fingerprint density at radius 3 is 2.20 bits per heavy atom. The van der Waals surface area contributed by atoms with Gasteiger partial charge in [-0.1, -0.05) is 0 Å². The smallest absolute Gasteiger partial charge is 0.181 e. The number of anilines is 1. The summed E-state index contributed by atoms with van der Waals surface area (Å²) in [5, 5.41) is 0. The van der Waals surface area contributed by atoms with E-state index >= 15 is 0 Å². The molecule has 0 unspecified atom stereocenters. The predicted octanol–water partition coefficient (Wildman–Crippen LogP) is 2.26. The maximum atomic E-state index is 12.7. The highest BCUT2D eigenvalue weighted by Gasteiger charge is 2.14. The highest BCUT2D eigenvalue weighted by molar-refractivity contribution is 7.91. The monoisotopic (exact) mass is 295 g/mol. The van der Waals surface area contributed by atoms with Gasteiger partial charge in [0, 0.05) is 5.69 Å². The molecule has 0 saturated heterocycles. The molecule has 0 aliphatic carbocycles. The second-order valence-corrected chi connectivity index (χ2v) is 6.30. The van der Waals surface area contributed by atoms with E-state index in [0.29, 0.717) is 11.4 Å². The molecular formula is C14H14FNO3S. The number of nitrogen functional groups attached to an aromatic ring is 1. The van der Waals surface area contributed by atoms with Gasteiger partial charge in [0.25, 0.3) is 0 Å². The first kappa shape index (κ1) is 14.3. The van der Waals surface area contributed by atoms with Crippen molar-refractivity contribution in [3.63, 3.8) is 0 Å². The summed E-state index contributed by atoms with van der Waals surface area (Å²) in [7, 11) is -3.41. The molecule has 0 heterocycles. The third kappa shape index (κ3) is 3.71. The Bertz CT molecular complexity index is 667. The molecule has 0 aromatic heterocycles. The van der Waals surface area contributed by atoms with Gasteiger partial charge in [-0.15, -0.1) is 0 Å². The molecule has 0 aliphatic heterocycles. The lowest BCUT2D eigenvalue weighted by molar-refractivity contribution is 0.340. The zero-order valence-corrected chi connectivity index (χ0v) is 11.4. The van der Waals surface area contributed by atoms with E-state index < -0.39 is 9.84 Å². The van der Waals surface area contributed by atoms with E-state index in [4.69, 9.17) is 10.5 Å². The first-order valence-corrected chi connectivity index (χ1v) is 7.59. The Labute approximate surface area is 116 Å². The van der Waals surface area contributed by atoms with E-state index in [1.807, 2.05) is 0 Å². The highest BCUT2D eigenvalue weighted by Crippen LogP contribution is 2.15. The summed E-state index contributed by atoms with van der Waals surface area (Å²) in [6, 6.07) is 11.4. The minimum atomic E-state index is -3.41. The first-order chi connectivity index (χ1) is 9.47. The van der Waals surface area contributed by atoms with Gasteiger partial charge in [0.05, 0.1) is 10.6 Å². The molecule has 0 aliphatic rings. The standard InChI is InChI=1S/C14H14FNO3S/c15-11-1-5-13(6-2-11)19-9-10-20(17,18)14-7-3-12(16)4-8-14/h1-8H,9-10,16H2. The van der Waals surface area contributed by atoms with Crippen molar-refractivity contribution in [2.45, 2.75) is 4.90 Å². The van der Waals surface area contributed by atoms with Crippen LogP contribution >= 0.6 is 0 Å². The fraction of sp³-hybridized carbons (Fsp3) is 0.143. The minimum absolute atomic E-state index is 0.00164. The van der Waals surface area contributed by atoms with Crippen LogP contribution in [0.4, 0.5) is 10.1 Å². The largest absolute Gasteiger partial charge is 0.493 e. The summed E-state index contributed by atoms with van der Waals surface area (Å²) in [6.07, 6.45) is 0. The zero-order chi connectivity index (χ0) is 14.6. The molecule has 0 amide bonds. The van der Waals surface area contributed by atoms with Gasteiger partial charge in [0.1, 0.15) is 18.2 Å². The fourth-order valence-corrected chi connectivity index (χ4v) is 2.68. The molecule has 0 saturated carbocycles. The van der Waals surface area contributed by atoms with Gasteiger partial charge < -0.3 is 10.5 Å². The van der Waals surface area contributed by atoms with Crippen LogP contribution in [0.15, 0.2) is 53.4 Å². The quantitative estimate of drug-likeness (QED) is 0.859. The number of hydrogen-bond donors (Lipinski definition) is 1. The van der Waals surface area contributed by atoms with Crippen LogP contribution in [-0.4, -0.2) is 20.8 Å². The number of benzene rings is 2. The van der Waals surface area contributed by atoms with Crippen molar-refractivity contribution in [1.82, 2.24) is 0 Å². The molecule has 2 N–H and O–H groups in total. The molecular weight excluding hydrogens is 281 g/mol. The van der Waals surface area contributed by atoms with Gasteiger partial charge in [-0.05, 0) is 48.5 Å². The van der Waals surface area contributed by atoms with Crippen molar-refractivity contribution < 1.29 is 17.5 Å². The average molecular weight is 295 g/mol. The van der Waals surface area contributed by atoms with Crippen LogP contribution in [0.3, 0.4) is 0 Å². The predicted molar refractivity (Wildman–Crippen MR) is 74.8 cm³/mol. The number of nitrogens with two attached hydrogens (primary N) is 1. The summed E-state index contributed by atoms with van der Waals surface area (Å²) in [5.41, 5.74) is 6.01. The average Bonchev–Trinajstić information content (AvgIpc) is 2.41. The zero-order valence-electron chi connectivity index (χ0n) is 10.6. The lowest BCUT2D eigenvalue weighted by Gasteiger charge is -2.07. The normalized spacial score (nSPS) is 11.2. The SMILES string of the molecule is Nc1ccc(S(=O)(=O)CCOc2ccc(F)cc2)cc1. The number of hydrogen-bond acceptors (Lipinski definition) is 4. The second kappa shape index (κ2) is 5.92. The minimum Gasteiger partial charge on any atom is -0.493 e. The van der Waals surface area contributed by atoms with E-state index in [-0.39, 0.29) is 23.1 Å². The van der Waals surface area contributed by atoms with Crippen LogP contribution in [0.25, 0.3) is 0 Å². The van der Waals surface area contributed by atoms with Crippen LogP contribution in [0.1, 0.15) is 0 Å². The van der Waals surface area contributed by atoms with Crippen molar-refractivity contribution in [2.24, 2.45) is 0 Å². The van der Waals surface area contributed by atoms with Gasteiger partial charge in [-0.25, -0.2) is 12.8 Å². The Morgan fingerprint density at radius 2 is 1.60 bits per heavy atom. The van der Waals surface area contributed by atoms with Gasteiger partial charge in [0.2, 0.25) is 0 Å². The van der Waals surface area contributed by atoms with Crippen LogP contribution in [-0.2, 0) is 9.84 Å². The van der Waals surface area contributed by atoms with E-state index in [9.17, 15) is 12.8 Å². The van der Waals surface area contributed by atoms with Gasteiger partial charge in [0.15, 0.2) is 9.84 Å². The molecule has 106 valence electrons. The maximum Gasteiger partial charge on any atom is 0.181 e. The number of halogens is 1. The highest BCUT2D eigenvalue weighted by atomic mass is 32.2. The van der Waals surface area contributed by atoms with Crippen LogP contribution < -0.4 is 10.5 Å². The van der Waals surface area contributed by atoms with Gasteiger partial charge in [-0.2, -0.15) is 0 Å². The molecule has 2 aromatic rings. The first-order valence-electron chi connectivity index (χ1n) is 5.94. The molecule has 4 nitrogen and oxygen atoms in total. The number of ether oxygens (including phenoxy) is 1. The van der Waals surface area contributed by atoms with E-state index in [0.717, 1.165) is 0 Å². The fourth-order valence-electron chi connectivity index (χ4n) is 1.59. The van der Waals surface area contributed by atoms with Crippen LogP contribution in [0.2, 0.25) is 0 Å². The van der Waals surface area contributed by atoms with Crippen LogP contribution in [0, 0.1) is 5.82 Å². The van der Waals surface area contributed by atoms with Crippen molar-refractivity contribution >= 4 is 15.5 Å². The van der Waals surface area contributed by atoms with Crippen molar-refractivity contribution in [3.05, 3.63) is 54.3 Å². The molecule has 0 radical (unpaired) electrons. The lowest BCUT2D eigenvalue weighted by Crippen LogP contribution is -2.14. The summed E-state index contributed by atoms with van der Waals surface area (Å²) < 4.78 is 42.0. The topological polar surface area (TPSA) is 69.4 Å². The van der Waals surface area contributed by atoms with E-state index in [2.05, 4.69) is 0 Å². The van der Waals surface area contributed by atoms with Gasteiger partial charge >= 0.3 is 0 Å². The van der Waals surface area contributed by atoms with E-state index in [1.54, 1.807) is 0 Å². The molecule has 6 heteroatoms. The summed E-state index contributed by atoms with van der Waals surface area (Å²) in [6.45, 7) is -0.00164. The Morgan fingerprint density at radius 1 is 1.00 bits per heavy atom. The molecule has 2 rings (SSSR count). The van der Waals surface area contributed by atoms with E-state index in [1.165, 1.54) is 48.5 Å². The Balaban J connectivity index is 1.96. The third-order valence-corrected chi connectivity index (χ3v) is 4.37. The molecule has 0 atom stereocenters. The molecule has 0 spiro atoms. The summed E-state index contributed by atoms with van der Waals surface area (Å²) in [5.74, 6) is -0.0976. The Hall–Kier alpha value is -2.08. The van der Waals surface area contributed by atoms with Crippen LogP contribution in [0.5, 0.6) is 5.75 Å². The van der Waals surface area contributed by atoms with Crippen molar-refractivity contribution in [2.75, 3.05) is 18.1 Å². The molecule has 0 fully saturated rings. The molecule has 0 bridgehead atoms. The summed E-state index contributed by atoms with van der Waals surface area (Å²) >= 11 is 0. The lowest BCUT2D eigenvalue weighted by atomic mass is 10.3. The van der Waals surface area contributed by atoms with Crippen molar-refractivity contribution in [3.8, 4) is 5.75 Å². The second-order valence-electron chi connectivity index (χ2n) is 4.19.